The van der Waals surface area contributed by atoms with Crippen molar-refractivity contribution in [3.8, 4) is 0 Å². The Morgan fingerprint density at radius 2 is 1.77 bits per heavy atom. The van der Waals surface area contributed by atoms with Crippen LogP contribution in [0.5, 0.6) is 0 Å². The Kier molecular flexibility index (Phi) is 4.17. The normalized spacial score (nSPS) is 11.2. The van der Waals surface area contributed by atoms with E-state index in [2.05, 4.69) is 5.32 Å². The van der Waals surface area contributed by atoms with Gasteiger partial charge in [-0.15, -0.1) is 0 Å². The number of amides is 1. The second-order valence-corrected chi connectivity index (χ2v) is 6.35. The monoisotopic (exact) mass is 347 g/mol. The predicted molar refractivity (Wildman–Crippen MR) is 101 cm³/mol. The number of furan rings is 1. The van der Waals surface area contributed by atoms with Crippen LogP contribution in [0.15, 0.2) is 65.1 Å². The summed E-state index contributed by atoms with van der Waals surface area (Å²) in [5.41, 5.74) is 2.55. The fourth-order valence-electron chi connectivity index (χ4n) is 3.22. The number of rotatable bonds is 4. The number of hydrogen-bond donors (Lipinski definition) is 1. The summed E-state index contributed by atoms with van der Waals surface area (Å²) in [4.78, 5) is 12.6. The summed E-state index contributed by atoms with van der Waals surface area (Å²) in [7, 11) is 0. The first-order valence-electron chi connectivity index (χ1n) is 8.57. The maximum absolute atomic E-state index is 12.9. The van der Waals surface area contributed by atoms with Crippen LogP contribution in [0.1, 0.15) is 21.7 Å². The van der Waals surface area contributed by atoms with E-state index in [0.29, 0.717) is 18.7 Å². The molecule has 130 valence electrons. The van der Waals surface area contributed by atoms with Crippen LogP contribution in [0, 0.1) is 12.7 Å². The van der Waals surface area contributed by atoms with E-state index >= 15 is 0 Å². The summed E-state index contributed by atoms with van der Waals surface area (Å²) in [5.74, 6) is -0.150. The molecule has 0 aliphatic heterocycles. The number of halogens is 1. The first-order valence-corrected chi connectivity index (χ1v) is 8.57. The van der Waals surface area contributed by atoms with Crippen molar-refractivity contribution in [2.75, 3.05) is 6.54 Å². The Labute approximate surface area is 150 Å². The molecule has 0 unspecified atom stereocenters. The van der Waals surface area contributed by atoms with Crippen LogP contribution in [0.25, 0.3) is 21.7 Å². The topological polar surface area (TPSA) is 42.2 Å². The Morgan fingerprint density at radius 3 is 2.58 bits per heavy atom. The molecule has 0 fully saturated rings. The van der Waals surface area contributed by atoms with E-state index < -0.39 is 0 Å². The van der Waals surface area contributed by atoms with E-state index in [9.17, 15) is 9.18 Å². The molecule has 0 radical (unpaired) electrons. The standard InChI is InChI=1S/C22H18FNO2/c1-14-18-11-8-16-4-2-3-5-19(16)21(18)26-20(14)22(25)24-13-12-15-6-9-17(23)10-7-15/h2-11H,12-13H2,1H3,(H,24,25). The first-order chi connectivity index (χ1) is 12.6. The minimum atomic E-state index is -0.261. The average Bonchev–Trinajstić information content (AvgIpc) is 3.00. The van der Waals surface area contributed by atoms with Crippen LogP contribution in [-0.4, -0.2) is 12.5 Å². The van der Waals surface area contributed by atoms with Crippen LogP contribution < -0.4 is 5.32 Å². The third kappa shape index (κ3) is 2.94. The number of benzene rings is 3. The van der Waals surface area contributed by atoms with E-state index in [1.165, 1.54) is 12.1 Å². The van der Waals surface area contributed by atoms with Crippen LogP contribution in [-0.2, 0) is 6.42 Å². The van der Waals surface area contributed by atoms with Gasteiger partial charge >= 0.3 is 0 Å². The van der Waals surface area contributed by atoms with Crippen molar-refractivity contribution in [2.45, 2.75) is 13.3 Å². The van der Waals surface area contributed by atoms with Crippen molar-refractivity contribution >= 4 is 27.6 Å². The zero-order valence-corrected chi connectivity index (χ0v) is 14.4. The lowest BCUT2D eigenvalue weighted by Crippen LogP contribution is -2.25. The molecule has 0 aliphatic rings. The number of fused-ring (bicyclic) bond motifs is 3. The maximum Gasteiger partial charge on any atom is 0.287 e. The van der Waals surface area contributed by atoms with Gasteiger partial charge in [-0.05, 0) is 36.4 Å². The zero-order valence-electron chi connectivity index (χ0n) is 14.4. The largest absolute Gasteiger partial charge is 0.450 e. The molecule has 0 atom stereocenters. The first kappa shape index (κ1) is 16.3. The molecule has 4 aromatic rings. The van der Waals surface area contributed by atoms with Gasteiger partial charge in [-0.3, -0.25) is 4.79 Å². The van der Waals surface area contributed by atoms with Crippen LogP contribution in [0.2, 0.25) is 0 Å². The van der Waals surface area contributed by atoms with Gasteiger partial charge in [0.05, 0.1) is 0 Å². The van der Waals surface area contributed by atoms with Crippen molar-refractivity contribution in [3.05, 3.63) is 83.4 Å². The Balaban J connectivity index is 1.55. The van der Waals surface area contributed by atoms with Gasteiger partial charge in [0.1, 0.15) is 11.4 Å². The summed E-state index contributed by atoms with van der Waals surface area (Å²) in [6.45, 7) is 2.36. The van der Waals surface area contributed by atoms with Gasteiger partial charge in [-0.2, -0.15) is 0 Å². The lowest BCUT2D eigenvalue weighted by molar-refractivity contribution is 0.0928. The number of carbonyl (C=O) groups excluding carboxylic acids is 1. The molecule has 1 N–H and O–H groups in total. The predicted octanol–water partition coefficient (Wildman–Crippen LogP) is 5.01. The minimum Gasteiger partial charge on any atom is -0.450 e. The summed E-state index contributed by atoms with van der Waals surface area (Å²) in [5, 5.41) is 5.92. The van der Waals surface area contributed by atoms with Gasteiger partial charge < -0.3 is 9.73 Å². The maximum atomic E-state index is 12.9. The van der Waals surface area contributed by atoms with Crippen LogP contribution in [0.3, 0.4) is 0 Å². The highest BCUT2D eigenvalue weighted by atomic mass is 19.1. The highest BCUT2D eigenvalue weighted by Gasteiger charge is 2.18. The summed E-state index contributed by atoms with van der Waals surface area (Å²) in [6, 6.07) is 18.3. The third-order valence-electron chi connectivity index (χ3n) is 4.65. The molecule has 0 aliphatic carbocycles. The molecular weight excluding hydrogens is 329 g/mol. The van der Waals surface area contributed by atoms with E-state index in [4.69, 9.17) is 4.42 Å². The molecular formula is C22H18FNO2. The van der Waals surface area contributed by atoms with Gasteiger partial charge in [0.2, 0.25) is 0 Å². The Morgan fingerprint density at radius 1 is 1.00 bits per heavy atom. The SMILES string of the molecule is Cc1c(C(=O)NCCc2ccc(F)cc2)oc2c1ccc1ccccc12. The van der Waals surface area contributed by atoms with Gasteiger partial charge in [0.25, 0.3) is 5.91 Å². The number of hydrogen-bond acceptors (Lipinski definition) is 2. The van der Waals surface area contributed by atoms with Gasteiger partial charge in [0.15, 0.2) is 5.76 Å². The smallest absolute Gasteiger partial charge is 0.287 e. The number of aryl methyl sites for hydroxylation is 1. The summed E-state index contributed by atoms with van der Waals surface area (Å²) in [6.07, 6.45) is 0.633. The minimum absolute atomic E-state index is 0.232. The Bertz CT molecular complexity index is 1100. The van der Waals surface area contributed by atoms with Crippen molar-refractivity contribution in [1.29, 1.82) is 0 Å². The summed E-state index contributed by atoms with van der Waals surface area (Å²) < 4.78 is 18.9. The fourth-order valence-corrected chi connectivity index (χ4v) is 3.22. The van der Waals surface area contributed by atoms with Gasteiger partial charge in [-0.25, -0.2) is 4.39 Å². The fraction of sp³-hybridized carbons (Fsp3) is 0.136. The molecule has 1 heterocycles. The third-order valence-corrected chi connectivity index (χ3v) is 4.65. The average molecular weight is 347 g/mol. The molecule has 1 amide bonds. The number of carbonyl (C=O) groups is 1. The van der Waals surface area contributed by atoms with Crippen molar-refractivity contribution in [2.24, 2.45) is 0 Å². The van der Waals surface area contributed by atoms with Gasteiger partial charge in [0, 0.05) is 22.9 Å². The van der Waals surface area contributed by atoms with Crippen molar-refractivity contribution in [1.82, 2.24) is 5.32 Å². The molecule has 1 aromatic heterocycles. The van der Waals surface area contributed by atoms with E-state index in [0.717, 1.165) is 32.9 Å². The van der Waals surface area contributed by atoms with Crippen molar-refractivity contribution < 1.29 is 13.6 Å². The lowest BCUT2D eigenvalue weighted by Gasteiger charge is -2.04. The molecule has 4 heteroatoms. The molecule has 3 nitrogen and oxygen atoms in total. The van der Waals surface area contributed by atoms with E-state index in [-0.39, 0.29) is 11.7 Å². The molecule has 0 bridgehead atoms. The van der Waals surface area contributed by atoms with E-state index in [1.807, 2.05) is 43.3 Å². The molecule has 4 rings (SSSR count). The van der Waals surface area contributed by atoms with E-state index in [1.54, 1.807) is 12.1 Å². The lowest BCUT2D eigenvalue weighted by atomic mass is 10.1. The molecule has 0 saturated carbocycles. The van der Waals surface area contributed by atoms with Gasteiger partial charge in [-0.1, -0.05) is 48.5 Å². The Hall–Kier alpha value is -3.14. The molecule has 0 spiro atoms. The zero-order chi connectivity index (χ0) is 18.1. The highest BCUT2D eigenvalue weighted by molar-refractivity contribution is 6.08. The summed E-state index contributed by atoms with van der Waals surface area (Å²) >= 11 is 0. The number of nitrogens with one attached hydrogen (secondary N) is 1. The second-order valence-electron chi connectivity index (χ2n) is 6.35. The second kappa shape index (κ2) is 6.64. The van der Waals surface area contributed by atoms with Crippen LogP contribution in [0.4, 0.5) is 4.39 Å². The van der Waals surface area contributed by atoms with Crippen LogP contribution >= 0.6 is 0 Å². The molecule has 26 heavy (non-hydrogen) atoms. The highest BCUT2D eigenvalue weighted by Crippen LogP contribution is 2.31. The molecule has 0 saturated heterocycles. The molecule has 3 aromatic carbocycles. The van der Waals surface area contributed by atoms with Crippen molar-refractivity contribution in [3.63, 3.8) is 0 Å². The quantitative estimate of drug-likeness (QED) is 0.564.